The first kappa shape index (κ1) is 9.58. The number of aromatic nitrogens is 2. The molecule has 4 nitrogen and oxygen atoms in total. The first-order valence-electron chi connectivity index (χ1n) is 4.98. The fraction of sp³-hybridized carbons (Fsp3) is 0.667. The van der Waals surface area contributed by atoms with Gasteiger partial charge in [0.05, 0.1) is 18.1 Å². The molecule has 2 rings (SSSR count). The third kappa shape index (κ3) is 2.77. The molecule has 0 amide bonds. The predicted octanol–water partition coefficient (Wildman–Crippen LogP) is 1.60. The van der Waals surface area contributed by atoms with Gasteiger partial charge in [-0.1, -0.05) is 10.9 Å². The lowest BCUT2D eigenvalue weighted by atomic mass is 10.2. The van der Waals surface area contributed by atoms with Crippen LogP contribution >= 0.6 is 11.5 Å². The number of nitrogens with one attached hydrogen (secondary N) is 1. The summed E-state index contributed by atoms with van der Waals surface area (Å²) in [6.07, 6.45) is 4.86. The lowest BCUT2D eigenvalue weighted by molar-refractivity contribution is 0.727. The maximum atomic E-state index is 4.48. The van der Waals surface area contributed by atoms with Crippen LogP contribution in [0.3, 0.4) is 0 Å². The fourth-order valence-corrected chi connectivity index (χ4v) is 1.92. The molecule has 0 unspecified atom stereocenters. The van der Waals surface area contributed by atoms with Gasteiger partial charge in [-0.25, -0.2) is 0 Å². The predicted molar refractivity (Wildman–Crippen MR) is 57.5 cm³/mol. The van der Waals surface area contributed by atoms with Gasteiger partial charge in [0.2, 0.25) is 0 Å². The van der Waals surface area contributed by atoms with Gasteiger partial charge in [0.15, 0.2) is 0 Å². The van der Waals surface area contributed by atoms with Crippen molar-refractivity contribution in [3.63, 3.8) is 0 Å². The van der Waals surface area contributed by atoms with E-state index in [0.29, 0.717) is 0 Å². The second-order valence-electron chi connectivity index (χ2n) is 3.39. The Hall–Kier alpha value is -0.970. The average Bonchev–Trinajstić information content (AvgIpc) is 2.58. The molecular formula is C9H14N4S. The molecule has 5 heteroatoms. The van der Waals surface area contributed by atoms with E-state index in [9.17, 15) is 0 Å². The molecule has 1 aliphatic heterocycles. The monoisotopic (exact) mass is 210 g/mol. The van der Waals surface area contributed by atoms with E-state index in [1.165, 1.54) is 30.8 Å². The summed E-state index contributed by atoms with van der Waals surface area (Å²) in [5.74, 6) is 1.13. The molecule has 0 saturated carbocycles. The maximum absolute atomic E-state index is 4.48. The second kappa shape index (κ2) is 5.05. The Morgan fingerprint density at radius 1 is 1.36 bits per heavy atom. The molecule has 0 radical (unpaired) electrons. The van der Waals surface area contributed by atoms with Crippen LogP contribution in [0.1, 0.15) is 31.4 Å². The van der Waals surface area contributed by atoms with Gasteiger partial charge in [0, 0.05) is 18.3 Å². The molecule has 1 aromatic heterocycles. The van der Waals surface area contributed by atoms with Gasteiger partial charge in [-0.3, -0.25) is 4.99 Å². The van der Waals surface area contributed by atoms with E-state index in [1.807, 2.05) is 5.38 Å². The minimum Gasteiger partial charge on any atom is -0.368 e. The summed E-state index contributed by atoms with van der Waals surface area (Å²) in [6.45, 7) is 1.73. The summed E-state index contributed by atoms with van der Waals surface area (Å²) < 4.78 is 3.82. The standard InChI is InChI=1S/C9H14N4S/c1-2-4-9(10-5-3-1)11-6-8-7-14-13-12-8/h7H,1-6H2,(H,10,11). The van der Waals surface area contributed by atoms with E-state index >= 15 is 0 Å². The SMILES string of the molecule is c1snnc1CNC1=NCCCCC1. The van der Waals surface area contributed by atoms with E-state index in [4.69, 9.17) is 0 Å². The van der Waals surface area contributed by atoms with Crippen LogP contribution in [0.25, 0.3) is 0 Å². The minimum atomic E-state index is 0.759. The van der Waals surface area contributed by atoms with Crippen LogP contribution in [0, 0.1) is 0 Å². The van der Waals surface area contributed by atoms with Gasteiger partial charge < -0.3 is 5.32 Å². The van der Waals surface area contributed by atoms with Crippen LogP contribution in [-0.2, 0) is 6.54 Å². The number of aliphatic imine (C=N–C) groups is 1. The Morgan fingerprint density at radius 3 is 3.21 bits per heavy atom. The fourth-order valence-electron chi connectivity index (χ4n) is 1.47. The Morgan fingerprint density at radius 2 is 2.36 bits per heavy atom. The van der Waals surface area contributed by atoms with Gasteiger partial charge in [-0.05, 0) is 24.4 Å². The van der Waals surface area contributed by atoms with Gasteiger partial charge in [-0.15, -0.1) is 5.10 Å². The van der Waals surface area contributed by atoms with Crippen LogP contribution in [0.2, 0.25) is 0 Å². The van der Waals surface area contributed by atoms with Crippen molar-refractivity contribution < 1.29 is 0 Å². The zero-order chi connectivity index (χ0) is 9.64. The zero-order valence-electron chi connectivity index (χ0n) is 8.07. The zero-order valence-corrected chi connectivity index (χ0v) is 8.89. The number of amidine groups is 1. The molecule has 1 N–H and O–H groups in total. The molecular weight excluding hydrogens is 196 g/mol. The van der Waals surface area contributed by atoms with Crippen molar-refractivity contribution in [3.05, 3.63) is 11.1 Å². The maximum Gasteiger partial charge on any atom is 0.0966 e. The van der Waals surface area contributed by atoms with Crippen molar-refractivity contribution >= 4 is 17.4 Å². The van der Waals surface area contributed by atoms with E-state index < -0.39 is 0 Å². The molecule has 1 aromatic rings. The van der Waals surface area contributed by atoms with Crippen LogP contribution < -0.4 is 5.32 Å². The Labute approximate surface area is 87.6 Å². The van der Waals surface area contributed by atoms with Gasteiger partial charge in [-0.2, -0.15) is 0 Å². The highest BCUT2D eigenvalue weighted by molar-refractivity contribution is 7.03. The molecule has 0 atom stereocenters. The van der Waals surface area contributed by atoms with Gasteiger partial charge >= 0.3 is 0 Å². The second-order valence-corrected chi connectivity index (χ2v) is 4.00. The number of hydrogen-bond acceptors (Lipinski definition) is 5. The lowest BCUT2D eigenvalue weighted by Gasteiger charge is -2.05. The molecule has 76 valence electrons. The van der Waals surface area contributed by atoms with Crippen LogP contribution in [0.4, 0.5) is 0 Å². The third-order valence-electron chi connectivity index (χ3n) is 2.25. The lowest BCUT2D eigenvalue weighted by Crippen LogP contribution is -2.22. The molecule has 0 bridgehead atoms. The highest BCUT2D eigenvalue weighted by Crippen LogP contribution is 2.06. The highest BCUT2D eigenvalue weighted by atomic mass is 32.1. The molecule has 0 saturated heterocycles. The van der Waals surface area contributed by atoms with Crippen LogP contribution in [0.15, 0.2) is 10.4 Å². The third-order valence-corrected chi connectivity index (χ3v) is 2.81. The van der Waals surface area contributed by atoms with E-state index in [-0.39, 0.29) is 0 Å². The number of nitrogens with zero attached hydrogens (tertiary/aromatic N) is 3. The minimum absolute atomic E-state index is 0.759. The normalized spacial score (nSPS) is 17.3. The van der Waals surface area contributed by atoms with Crippen molar-refractivity contribution in [3.8, 4) is 0 Å². The highest BCUT2D eigenvalue weighted by Gasteiger charge is 2.04. The van der Waals surface area contributed by atoms with E-state index in [2.05, 4.69) is 19.9 Å². The topological polar surface area (TPSA) is 50.2 Å². The average molecular weight is 210 g/mol. The molecule has 0 aliphatic carbocycles. The van der Waals surface area contributed by atoms with Crippen molar-refractivity contribution in [2.45, 2.75) is 32.2 Å². The number of hydrogen-bond donors (Lipinski definition) is 1. The summed E-state index contributed by atoms with van der Waals surface area (Å²) in [4.78, 5) is 4.48. The van der Waals surface area contributed by atoms with E-state index in [1.54, 1.807) is 0 Å². The van der Waals surface area contributed by atoms with Crippen molar-refractivity contribution in [2.24, 2.45) is 4.99 Å². The Bertz CT molecular complexity index is 294. The Kier molecular flexibility index (Phi) is 3.45. The summed E-state index contributed by atoms with van der Waals surface area (Å²) in [5, 5.41) is 9.26. The van der Waals surface area contributed by atoms with Gasteiger partial charge in [0.1, 0.15) is 0 Å². The molecule has 14 heavy (non-hydrogen) atoms. The largest absolute Gasteiger partial charge is 0.368 e. The first-order chi connectivity index (χ1) is 6.95. The number of rotatable bonds is 2. The summed E-state index contributed by atoms with van der Waals surface area (Å²) in [7, 11) is 0. The molecule has 2 heterocycles. The van der Waals surface area contributed by atoms with Crippen molar-refractivity contribution in [1.29, 1.82) is 0 Å². The summed E-state index contributed by atoms with van der Waals surface area (Å²) >= 11 is 1.39. The summed E-state index contributed by atoms with van der Waals surface area (Å²) in [5.41, 5.74) is 1.00. The van der Waals surface area contributed by atoms with Gasteiger partial charge in [0.25, 0.3) is 0 Å². The smallest absolute Gasteiger partial charge is 0.0966 e. The van der Waals surface area contributed by atoms with Crippen molar-refractivity contribution in [1.82, 2.24) is 14.9 Å². The first-order valence-corrected chi connectivity index (χ1v) is 5.82. The van der Waals surface area contributed by atoms with Crippen LogP contribution in [-0.4, -0.2) is 22.0 Å². The van der Waals surface area contributed by atoms with Crippen molar-refractivity contribution in [2.75, 3.05) is 6.54 Å². The molecule has 1 aliphatic rings. The molecule has 0 aromatic carbocycles. The van der Waals surface area contributed by atoms with E-state index in [0.717, 1.165) is 31.0 Å². The summed E-state index contributed by atoms with van der Waals surface area (Å²) in [6, 6.07) is 0. The Balaban J connectivity index is 1.82. The quantitative estimate of drug-likeness (QED) is 0.806. The molecule has 0 spiro atoms. The molecule has 0 fully saturated rings. The van der Waals surface area contributed by atoms with Crippen LogP contribution in [0.5, 0.6) is 0 Å².